The fraction of sp³-hybridized carbons (Fsp3) is 0.0159. The molecule has 304 valence electrons. The lowest BCUT2D eigenvalue weighted by molar-refractivity contribution is 0.793. The van der Waals surface area contributed by atoms with Gasteiger partial charge in [0.1, 0.15) is 0 Å². The van der Waals surface area contributed by atoms with Gasteiger partial charge < -0.3 is 9.80 Å². The normalized spacial score (nSPS) is 14.2. The third-order valence-electron chi connectivity index (χ3n) is 13.8. The molecule has 2 aliphatic carbocycles. The third kappa shape index (κ3) is 5.74. The molecule has 11 aromatic carbocycles. The third-order valence-corrected chi connectivity index (χ3v) is 13.8. The van der Waals surface area contributed by atoms with Gasteiger partial charge in [0.25, 0.3) is 0 Å². The highest BCUT2D eigenvalue weighted by Gasteiger charge is 2.52. The van der Waals surface area contributed by atoms with Gasteiger partial charge in [0.05, 0.1) is 11.1 Å². The van der Waals surface area contributed by atoms with Crippen molar-refractivity contribution in [1.29, 1.82) is 0 Å². The molecule has 1 atom stereocenters. The summed E-state index contributed by atoms with van der Waals surface area (Å²) in [5, 5.41) is 4.86. The van der Waals surface area contributed by atoms with E-state index in [4.69, 9.17) is 0 Å². The lowest BCUT2D eigenvalue weighted by Gasteiger charge is -2.34. The van der Waals surface area contributed by atoms with Gasteiger partial charge in [-0.3, -0.25) is 0 Å². The number of hydrogen-bond acceptors (Lipinski definition) is 2. The molecule has 0 aliphatic heterocycles. The summed E-state index contributed by atoms with van der Waals surface area (Å²) >= 11 is 0. The number of anilines is 6. The molecule has 0 fully saturated rings. The number of fused-ring (bicyclic) bond motifs is 12. The van der Waals surface area contributed by atoms with Gasteiger partial charge >= 0.3 is 0 Å². The Kier molecular flexibility index (Phi) is 8.47. The van der Waals surface area contributed by atoms with Gasteiger partial charge in [0.15, 0.2) is 0 Å². The number of rotatable bonds is 7. The second-order valence-electron chi connectivity index (χ2n) is 17.3. The van der Waals surface area contributed by atoms with Crippen LogP contribution in [0.4, 0.5) is 34.1 Å². The van der Waals surface area contributed by atoms with Crippen molar-refractivity contribution in [3.63, 3.8) is 0 Å². The van der Waals surface area contributed by atoms with Crippen molar-refractivity contribution in [3.8, 4) is 33.4 Å². The summed E-state index contributed by atoms with van der Waals surface area (Å²) in [5.41, 5.74) is 18.8. The average Bonchev–Trinajstić information content (AvgIpc) is 3.84. The van der Waals surface area contributed by atoms with Gasteiger partial charge in [0, 0.05) is 34.0 Å². The number of benzene rings is 11. The second kappa shape index (κ2) is 14.8. The van der Waals surface area contributed by atoms with Crippen molar-refractivity contribution in [2.75, 3.05) is 9.80 Å². The van der Waals surface area contributed by atoms with Crippen molar-refractivity contribution in [2.24, 2.45) is 0 Å². The van der Waals surface area contributed by atoms with Crippen molar-refractivity contribution in [3.05, 3.63) is 277 Å². The number of para-hydroxylation sites is 2. The molecule has 2 heteroatoms. The minimum Gasteiger partial charge on any atom is -0.310 e. The minimum absolute atomic E-state index is 0.580. The Bertz CT molecular complexity index is 3600. The Morgan fingerprint density at radius 2 is 0.646 bits per heavy atom. The molecule has 0 saturated carbocycles. The van der Waals surface area contributed by atoms with Crippen LogP contribution >= 0.6 is 0 Å². The Hall–Kier alpha value is -8.46. The van der Waals surface area contributed by atoms with Crippen molar-refractivity contribution < 1.29 is 0 Å². The molecule has 0 saturated heterocycles. The summed E-state index contributed by atoms with van der Waals surface area (Å²) in [6.45, 7) is 0. The lowest BCUT2D eigenvalue weighted by atomic mass is 9.70. The maximum absolute atomic E-state index is 2.50. The van der Waals surface area contributed by atoms with E-state index >= 15 is 0 Å². The molecule has 1 spiro atoms. The molecule has 0 bridgehead atoms. The zero-order valence-electron chi connectivity index (χ0n) is 35.6. The summed E-state index contributed by atoms with van der Waals surface area (Å²) in [4.78, 5) is 4.89. The van der Waals surface area contributed by atoms with Crippen LogP contribution in [0.15, 0.2) is 255 Å². The van der Waals surface area contributed by atoms with Crippen molar-refractivity contribution in [1.82, 2.24) is 0 Å². The standard InChI is InChI=1S/C63H42N2/c1-4-19-44(20-5-1)57-39-46-22-12-13-23-47(46)40-62(57)65(49-26-8-3-9-27-49)52-35-37-56-54-29-15-17-31-59(54)63(61(56)42-52)58-30-16-14-28-53(58)55-36-34-51(41-60(55)63)64(48-24-6-2-7-25-48)50-33-32-43-18-10-11-21-45(43)38-50/h1-42H. The van der Waals surface area contributed by atoms with E-state index in [1.807, 2.05) is 0 Å². The summed E-state index contributed by atoms with van der Waals surface area (Å²) < 4.78 is 0. The van der Waals surface area contributed by atoms with Crippen LogP contribution in [0.25, 0.3) is 54.9 Å². The quantitative estimate of drug-likeness (QED) is 0.158. The topological polar surface area (TPSA) is 6.48 Å². The smallest absolute Gasteiger partial charge is 0.0727 e. The van der Waals surface area contributed by atoms with E-state index in [0.29, 0.717) is 0 Å². The predicted molar refractivity (Wildman–Crippen MR) is 273 cm³/mol. The highest BCUT2D eigenvalue weighted by molar-refractivity contribution is 6.01. The van der Waals surface area contributed by atoms with Gasteiger partial charge in [-0.05, 0) is 144 Å². The van der Waals surface area contributed by atoms with E-state index in [9.17, 15) is 0 Å². The second-order valence-corrected chi connectivity index (χ2v) is 17.3. The van der Waals surface area contributed by atoms with Crippen LogP contribution in [0.1, 0.15) is 22.3 Å². The summed E-state index contributed by atoms with van der Waals surface area (Å²) in [7, 11) is 0. The Morgan fingerprint density at radius 3 is 1.25 bits per heavy atom. The monoisotopic (exact) mass is 826 g/mol. The molecule has 11 aromatic rings. The number of nitrogens with zero attached hydrogens (tertiary/aromatic N) is 2. The van der Waals surface area contributed by atoms with Crippen LogP contribution in [0.5, 0.6) is 0 Å². The Morgan fingerprint density at radius 1 is 0.231 bits per heavy atom. The minimum atomic E-state index is -0.580. The first-order valence-corrected chi connectivity index (χ1v) is 22.5. The van der Waals surface area contributed by atoms with Crippen LogP contribution in [0.2, 0.25) is 0 Å². The molecule has 65 heavy (non-hydrogen) atoms. The van der Waals surface area contributed by atoms with Gasteiger partial charge in [-0.1, -0.05) is 182 Å². The molecule has 0 aromatic heterocycles. The van der Waals surface area contributed by atoms with Crippen LogP contribution in [0.3, 0.4) is 0 Å². The molecular weight excluding hydrogens is 785 g/mol. The van der Waals surface area contributed by atoms with Crippen LogP contribution in [0, 0.1) is 0 Å². The molecule has 2 nitrogen and oxygen atoms in total. The largest absolute Gasteiger partial charge is 0.310 e. The fourth-order valence-corrected chi connectivity index (χ4v) is 11.0. The molecular formula is C63H42N2. The van der Waals surface area contributed by atoms with Crippen LogP contribution in [-0.2, 0) is 5.41 Å². The summed E-state index contributed by atoms with van der Waals surface area (Å²) in [5.74, 6) is 0. The first-order chi connectivity index (χ1) is 32.2. The average molecular weight is 827 g/mol. The maximum Gasteiger partial charge on any atom is 0.0727 e. The lowest BCUT2D eigenvalue weighted by Crippen LogP contribution is -2.26. The van der Waals surface area contributed by atoms with E-state index in [1.165, 1.54) is 77.2 Å². The summed E-state index contributed by atoms with van der Waals surface area (Å²) in [6, 6.07) is 94.0. The van der Waals surface area contributed by atoms with Gasteiger partial charge in [0.2, 0.25) is 0 Å². The SMILES string of the molecule is c1ccc(-c2cc3ccccc3cc2N(c2ccccc2)c2ccc3c(c2)C2(c4ccccc4-c4ccc(N(c5ccccc5)c5ccc6ccccc6c5)cc42)c2ccccc2-3)cc1. The molecule has 0 heterocycles. The zero-order chi connectivity index (χ0) is 42.9. The molecule has 2 aliphatic rings. The van der Waals surface area contributed by atoms with E-state index in [-0.39, 0.29) is 0 Å². The highest BCUT2D eigenvalue weighted by Crippen LogP contribution is 2.64. The summed E-state index contributed by atoms with van der Waals surface area (Å²) in [6.07, 6.45) is 0. The molecule has 13 rings (SSSR count). The van der Waals surface area contributed by atoms with E-state index < -0.39 is 5.41 Å². The molecule has 0 N–H and O–H groups in total. The predicted octanol–water partition coefficient (Wildman–Crippen LogP) is 16.9. The van der Waals surface area contributed by atoms with Crippen molar-refractivity contribution in [2.45, 2.75) is 5.41 Å². The van der Waals surface area contributed by atoms with Gasteiger partial charge in [-0.15, -0.1) is 0 Å². The fourth-order valence-electron chi connectivity index (χ4n) is 11.0. The van der Waals surface area contributed by atoms with Crippen molar-refractivity contribution >= 4 is 55.7 Å². The first kappa shape index (κ1) is 37.1. The Labute approximate surface area is 379 Å². The molecule has 1 unspecified atom stereocenters. The van der Waals surface area contributed by atoms with Crippen LogP contribution in [-0.4, -0.2) is 0 Å². The Balaban J connectivity index is 1.08. The number of hydrogen-bond donors (Lipinski definition) is 0. The first-order valence-electron chi connectivity index (χ1n) is 22.5. The maximum atomic E-state index is 2.50. The highest BCUT2D eigenvalue weighted by atomic mass is 15.1. The van der Waals surface area contributed by atoms with Gasteiger partial charge in [-0.25, -0.2) is 0 Å². The van der Waals surface area contributed by atoms with E-state index in [0.717, 1.165) is 34.1 Å². The van der Waals surface area contributed by atoms with Crippen LogP contribution < -0.4 is 9.80 Å². The molecule has 0 radical (unpaired) electrons. The van der Waals surface area contributed by atoms with E-state index in [1.54, 1.807) is 0 Å². The van der Waals surface area contributed by atoms with Gasteiger partial charge in [-0.2, -0.15) is 0 Å². The van der Waals surface area contributed by atoms with E-state index in [2.05, 4.69) is 265 Å². The molecule has 0 amide bonds. The zero-order valence-corrected chi connectivity index (χ0v) is 35.6.